The van der Waals surface area contributed by atoms with E-state index in [4.69, 9.17) is 5.73 Å². The Balaban J connectivity index is 2.72. The highest BCUT2D eigenvalue weighted by Crippen LogP contribution is 2.17. The Labute approximate surface area is 110 Å². The molecule has 2 nitrogen and oxygen atoms in total. The van der Waals surface area contributed by atoms with Crippen molar-refractivity contribution < 1.29 is 4.39 Å². The molecule has 2 N–H and O–H groups in total. The molecule has 0 radical (unpaired) electrons. The highest BCUT2D eigenvalue weighted by atomic mass is 19.1. The molecule has 0 aliphatic carbocycles. The Hall–Kier alpha value is -0.930. The van der Waals surface area contributed by atoms with E-state index in [9.17, 15) is 4.39 Å². The molecule has 0 saturated heterocycles. The van der Waals surface area contributed by atoms with Crippen LogP contribution in [-0.2, 0) is 0 Å². The van der Waals surface area contributed by atoms with Gasteiger partial charge < -0.3 is 5.73 Å². The summed E-state index contributed by atoms with van der Waals surface area (Å²) in [6.45, 7) is 10.3. The summed E-state index contributed by atoms with van der Waals surface area (Å²) in [5.74, 6) is 0.374. The summed E-state index contributed by atoms with van der Waals surface area (Å²) in [6, 6.07) is 6.92. The lowest BCUT2D eigenvalue weighted by Gasteiger charge is -2.31. The molecule has 3 heteroatoms. The van der Waals surface area contributed by atoms with E-state index in [2.05, 4.69) is 32.6 Å². The van der Waals surface area contributed by atoms with Gasteiger partial charge in [0, 0.05) is 30.7 Å². The Bertz CT molecular complexity index is 363. The minimum absolute atomic E-state index is 0.210. The zero-order chi connectivity index (χ0) is 13.7. The molecule has 1 aromatic carbocycles. The van der Waals surface area contributed by atoms with Crippen molar-refractivity contribution >= 4 is 0 Å². The smallest absolute Gasteiger partial charge is 0.128 e. The molecule has 18 heavy (non-hydrogen) atoms. The Morgan fingerprint density at radius 1 is 1.11 bits per heavy atom. The Kier molecular flexibility index (Phi) is 5.76. The van der Waals surface area contributed by atoms with Crippen LogP contribution in [0.4, 0.5) is 4.39 Å². The standard InChI is InChI=1S/C15H25FN2/c1-11(2)9-18(12(3)4)10-15(17)13-7-5-6-8-14(13)16/h5-8,11-12,15H,9-10,17H2,1-4H3. The van der Waals surface area contributed by atoms with Gasteiger partial charge in [0.15, 0.2) is 0 Å². The van der Waals surface area contributed by atoms with Crippen LogP contribution in [0.2, 0.25) is 0 Å². The van der Waals surface area contributed by atoms with Gasteiger partial charge in [-0.2, -0.15) is 0 Å². The van der Waals surface area contributed by atoms with Crippen molar-refractivity contribution in [3.05, 3.63) is 35.6 Å². The molecular weight excluding hydrogens is 227 g/mol. The lowest BCUT2D eigenvalue weighted by Crippen LogP contribution is -2.39. The first kappa shape index (κ1) is 15.1. The van der Waals surface area contributed by atoms with Crippen molar-refractivity contribution in [2.75, 3.05) is 13.1 Å². The zero-order valence-electron chi connectivity index (χ0n) is 11.9. The second kappa shape index (κ2) is 6.86. The molecule has 0 aliphatic rings. The largest absolute Gasteiger partial charge is 0.323 e. The molecule has 102 valence electrons. The molecule has 0 heterocycles. The van der Waals surface area contributed by atoms with E-state index in [1.54, 1.807) is 12.1 Å². The molecule has 0 aromatic heterocycles. The van der Waals surface area contributed by atoms with Gasteiger partial charge in [0.2, 0.25) is 0 Å². The van der Waals surface area contributed by atoms with Gasteiger partial charge in [0.25, 0.3) is 0 Å². The molecule has 0 spiro atoms. The predicted molar refractivity (Wildman–Crippen MR) is 74.9 cm³/mol. The van der Waals surface area contributed by atoms with Crippen molar-refractivity contribution in [1.82, 2.24) is 4.90 Å². The summed E-state index contributed by atoms with van der Waals surface area (Å²) < 4.78 is 13.7. The molecule has 0 amide bonds. The number of hydrogen-bond acceptors (Lipinski definition) is 2. The van der Waals surface area contributed by atoms with Crippen LogP contribution in [0.5, 0.6) is 0 Å². The topological polar surface area (TPSA) is 29.3 Å². The van der Waals surface area contributed by atoms with E-state index in [1.165, 1.54) is 6.07 Å². The molecular formula is C15H25FN2. The van der Waals surface area contributed by atoms with Crippen molar-refractivity contribution in [2.45, 2.75) is 39.8 Å². The molecule has 0 aliphatic heterocycles. The van der Waals surface area contributed by atoms with E-state index in [1.807, 2.05) is 6.07 Å². The van der Waals surface area contributed by atoms with E-state index in [0.717, 1.165) is 6.54 Å². The van der Waals surface area contributed by atoms with Crippen molar-refractivity contribution in [2.24, 2.45) is 11.7 Å². The fraction of sp³-hybridized carbons (Fsp3) is 0.600. The van der Waals surface area contributed by atoms with Crippen LogP contribution in [0.1, 0.15) is 39.3 Å². The molecule has 0 fully saturated rings. The SMILES string of the molecule is CC(C)CN(CC(N)c1ccccc1F)C(C)C. The van der Waals surface area contributed by atoms with Crippen LogP contribution in [0.15, 0.2) is 24.3 Å². The summed E-state index contributed by atoms with van der Waals surface area (Å²) in [6.07, 6.45) is 0. The minimum Gasteiger partial charge on any atom is -0.323 e. The third-order valence-electron chi connectivity index (χ3n) is 3.07. The number of hydrogen-bond donors (Lipinski definition) is 1. The molecule has 0 bridgehead atoms. The lowest BCUT2D eigenvalue weighted by molar-refractivity contribution is 0.185. The molecule has 1 aromatic rings. The second-order valence-corrected chi connectivity index (χ2v) is 5.57. The van der Waals surface area contributed by atoms with Crippen LogP contribution in [0, 0.1) is 11.7 Å². The molecule has 0 saturated carbocycles. The van der Waals surface area contributed by atoms with Crippen molar-refractivity contribution in [3.63, 3.8) is 0 Å². The normalized spacial score (nSPS) is 13.6. The van der Waals surface area contributed by atoms with Crippen LogP contribution < -0.4 is 5.73 Å². The fourth-order valence-corrected chi connectivity index (χ4v) is 2.09. The van der Waals surface area contributed by atoms with Gasteiger partial charge in [0.05, 0.1) is 0 Å². The van der Waals surface area contributed by atoms with Crippen molar-refractivity contribution in [3.8, 4) is 0 Å². The fourth-order valence-electron chi connectivity index (χ4n) is 2.09. The Morgan fingerprint density at radius 2 is 1.72 bits per heavy atom. The van der Waals surface area contributed by atoms with Crippen LogP contribution >= 0.6 is 0 Å². The first-order valence-corrected chi connectivity index (χ1v) is 6.65. The van der Waals surface area contributed by atoms with Crippen molar-refractivity contribution in [1.29, 1.82) is 0 Å². The van der Waals surface area contributed by atoms with E-state index in [0.29, 0.717) is 24.1 Å². The van der Waals surface area contributed by atoms with Gasteiger partial charge in [0.1, 0.15) is 5.82 Å². The number of halogens is 1. The van der Waals surface area contributed by atoms with Crippen LogP contribution in [0.3, 0.4) is 0 Å². The summed E-state index contributed by atoms with van der Waals surface area (Å²) in [5.41, 5.74) is 6.73. The summed E-state index contributed by atoms with van der Waals surface area (Å²) in [5, 5.41) is 0. The van der Waals surface area contributed by atoms with Gasteiger partial charge in [-0.05, 0) is 25.8 Å². The molecule has 1 rings (SSSR count). The maximum Gasteiger partial charge on any atom is 0.128 e. The second-order valence-electron chi connectivity index (χ2n) is 5.57. The first-order chi connectivity index (χ1) is 8.41. The van der Waals surface area contributed by atoms with E-state index < -0.39 is 0 Å². The first-order valence-electron chi connectivity index (χ1n) is 6.65. The third-order valence-corrected chi connectivity index (χ3v) is 3.07. The van der Waals surface area contributed by atoms with E-state index >= 15 is 0 Å². The summed E-state index contributed by atoms with van der Waals surface area (Å²) in [7, 11) is 0. The van der Waals surface area contributed by atoms with Gasteiger partial charge in [-0.1, -0.05) is 32.0 Å². The number of benzene rings is 1. The van der Waals surface area contributed by atoms with Crippen LogP contribution in [-0.4, -0.2) is 24.0 Å². The van der Waals surface area contributed by atoms with Gasteiger partial charge in [-0.3, -0.25) is 4.90 Å². The average molecular weight is 252 g/mol. The molecule has 1 atom stereocenters. The predicted octanol–water partition coefficient (Wildman–Crippen LogP) is 3.19. The quantitative estimate of drug-likeness (QED) is 0.842. The highest BCUT2D eigenvalue weighted by molar-refractivity contribution is 5.21. The summed E-state index contributed by atoms with van der Waals surface area (Å²) >= 11 is 0. The maximum absolute atomic E-state index is 13.7. The van der Waals surface area contributed by atoms with Gasteiger partial charge in [-0.25, -0.2) is 4.39 Å². The number of rotatable bonds is 6. The zero-order valence-corrected chi connectivity index (χ0v) is 11.9. The average Bonchev–Trinajstić information content (AvgIpc) is 2.27. The molecule has 1 unspecified atom stereocenters. The van der Waals surface area contributed by atoms with E-state index in [-0.39, 0.29) is 11.9 Å². The number of nitrogens with zero attached hydrogens (tertiary/aromatic N) is 1. The number of nitrogens with two attached hydrogens (primary N) is 1. The lowest BCUT2D eigenvalue weighted by atomic mass is 10.0. The Morgan fingerprint density at radius 3 is 2.22 bits per heavy atom. The van der Waals surface area contributed by atoms with Gasteiger partial charge >= 0.3 is 0 Å². The third kappa shape index (κ3) is 4.39. The van der Waals surface area contributed by atoms with Crippen LogP contribution in [0.25, 0.3) is 0 Å². The van der Waals surface area contributed by atoms with Gasteiger partial charge in [-0.15, -0.1) is 0 Å². The maximum atomic E-state index is 13.7. The summed E-state index contributed by atoms with van der Waals surface area (Å²) in [4.78, 5) is 2.31. The highest BCUT2D eigenvalue weighted by Gasteiger charge is 2.18. The monoisotopic (exact) mass is 252 g/mol. The minimum atomic E-state index is -0.271.